The molecule has 0 aromatic carbocycles. The lowest BCUT2D eigenvalue weighted by molar-refractivity contribution is 0.196. The summed E-state index contributed by atoms with van der Waals surface area (Å²) < 4.78 is 4.98. The van der Waals surface area contributed by atoms with Crippen molar-refractivity contribution in [2.45, 2.75) is 19.9 Å². The van der Waals surface area contributed by atoms with Gasteiger partial charge in [-0.1, -0.05) is 0 Å². The molecule has 1 rings (SSSR count). The summed E-state index contributed by atoms with van der Waals surface area (Å²) in [6.07, 6.45) is 0. The van der Waals surface area contributed by atoms with E-state index in [1.807, 2.05) is 11.3 Å². The molecule has 3 heteroatoms. The van der Waals surface area contributed by atoms with Gasteiger partial charge in [-0.25, -0.2) is 0 Å². The lowest BCUT2D eigenvalue weighted by Gasteiger charge is -2.12. The Bertz CT molecular complexity index is 247. The summed E-state index contributed by atoms with van der Waals surface area (Å²) in [7, 11) is 1.72. The van der Waals surface area contributed by atoms with Crippen molar-refractivity contribution in [3.63, 3.8) is 0 Å². The maximum absolute atomic E-state index is 4.98. The molecule has 74 valence electrons. The summed E-state index contributed by atoms with van der Waals surface area (Å²) in [6, 6.07) is 2.60. The van der Waals surface area contributed by atoms with Crippen molar-refractivity contribution in [2.75, 3.05) is 20.3 Å². The van der Waals surface area contributed by atoms with Crippen molar-refractivity contribution >= 4 is 11.3 Å². The van der Waals surface area contributed by atoms with E-state index in [1.54, 1.807) is 7.11 Å². The van der Waals surface area contributed by atoms with Crippen LogP contribution in [0.15, 0.2) is 11.4 Å². The van der Waals surface area contributed by atoms with Crippen LogP contribution in [0.4, 0.5) is 0 Å². The second-order valence-electron chi connectivity index (χ2n) is 3.14. The minimum absolute atomic E-state index is 0.440. The third-order valence-corrected chi connectivity index (χ3v) is 3.25. The van der Waals surface area contributed by atoms with E-state index in [0.717, 1.165) is 13.2 Å². The van der Waals surface area contributed by atoms with Crippen LogP contribution >= 0.6 is 11.3 Å². The largest absolute Gasteiger partial charge is 0.383 e. The van der Waals surface area contributed by atoms with E-state index in [-0.39, 0.29) is 0 Å². The van der Waals surface area contributed by atoms with E-state index in [1.165, 1.54) is 10.4 Å². The number of hydrogen-bond donors (Lipinski definition) is 1. The Labute approximate surface area is 83.9 Å². The van der Waals surface area contributed by atoms with E-state index in [4.69, 9.17) is 4.74 Å². The van der Waals surface area contributed by atoms with Crippen LogP contribution < -0.4 is 5.32 Å². The molecule has 0 radical (unpaired) electrons. The molecule has 0 fully saturated rings. The second kappa shape index (κ2) is 5.37. The molecule has 1 atom stereocenters. The number of ether oxygens (including phenoxy) is 1. The van der Waals surface area contributed by atoms with E-state index < -0.39 is 0 Å². The summed E-state index contributed by atoms with van der Waals surface area (Å²) >= 11 is 1.81. The van der Waals surface area contributed by atoms with Gasteiger partial charge in [0.25, 0.3) is 0 Å². The maximum atomic E-state index is 4.98. The standard InChI is InChI=1S/C10H17NOS/c1-8-4-7-13-10(8)9(2)11-5-6-12-3/h4,7,9,11H,5-6H2,1-3H3/t9-/m1/s1. The normalized spacial score (nSPS) is 13.2. The van der Waals surface area contributed by atoms with E-state index in [2.05, 4.69) is 30.6 Å². The summed E-state index contributed by atoms with van der Waals surface area (Å²) in [5.41, 5.74) is 1.38. The third kappa shape index (κ3) is 3.10. The Morgan fingerprint density at radius 1 is 1.62 bits per heavy atom. The smallest absolute Gasteiger partial charge is 0.0587 e. The third-order valence-electron chi connectivity index (χ3n) is 2.05. The lowest BCUT2D eigenvalue weighted by atomic mass is 10.2. The van der Waals surface area contributed by atoms with Gasteiger partial charge in [-0.05, 0) is 30.9 Å². The highest BCUT2D eigenvalue weighted by atomic mass is 32.1. The zero-order valence-electron chi connectivity index (χ0n) is 8.46. The molecular weight excluding hydrogens is 182 g/mol. The molecule has 0 unspecified atom stereocenters. The van der Waals surface area contributed by atoms with Gasteiger partial charge in [0.1, 0.15) is 0 Å². The molecular formula is C10H17NOS. The maximum Gasteiger partial charge on any atom is 0.0587 e. The number of aryl methyl sites for hydroxylation is 1. The van der Waals surface area contributed by atoms with Crippen molar-refractivity contribution in [1.29, 1.82) is 0 Å². The molecule has 0 aliphatic carbocycles. The van der Waals surface area contributed by atoms with Gasteiger partial charge in [-0.3, -0.25) is 0 Å². The Hall–Kier alpha value is -0.380. The first-order chi connectivity index (χ1) is 6.25. The fraction of sp³-hybridized carbons (Fsp3) is 0.600. The molecule has 0 bridgehead atoms. The number of hydrogen-bond acceptors (Lipinski definition) is 3. The zero-order chi connectivity index (χ0) is 9.68. The quantitative estimate of drug-likeness (QED) is 0.735. The highest BCUT2D eigenvalue weighted by Crippen LogP contribution is 2.22. The van der Waals surface area contributed by atoms with Gasteiger partial charge in [0, 0.05) is 24.6 Å². The van der Waals surface area contributed by atoms with Gasteiger partial charge in [0.05, 0.1) is 6.61 Å². The number of methoxy groups -OCH3 is 1. The van der Waals surface area contributed by atoms with Crippen LogP contribution in [0, 0.1) is 6.92 Å². The molecule has 0 spiro atoms. The van der Waals surface area contributed by atoms with Gasteiger partial charge < -0.3 is 10.1 Å². The van der Waals surface area contributed by atoms with Crippen LogP contribution in [0.1, 0.15) is 23.4 Å². The molecule has 0 saturated heterocycles. The van der Waals surface area contributed by atoms with Crippen molar-refractivity contribution < 1.29 is 4.74 Å². The zero-order valence-corrected chi connectivity index (χ0v) is 9.28. The molecule has 0 aliphatic heterocycles. The topological polar surface area (TPSA) is 21.3 Å². The predicted octanol–water partition coefficient (Wildman–Crippen LogP) is 2.35. The van der Waals surface area contributed by atoms with Crippen LogP contribution in [-0.4, -0.2) is 20.3 Å². The fourth-order valence-electron chi connectivity index (χ4n) is 1.30. The molecule has 0 amide bonds. The van der Waals surface area contributed by atoms with Gasteiger partial charge in [0.2, 0.25) is 0 Å². The monoisotopic (exact) mass is 199 g/mol. The van der Waals surface area contributed by atoms with Gasteiger partial charge >= 0.3 is 0 Å². The Kier molecular flexibility index (Phi) is 4.42. The molecule has 13 heavy (non-hydrogen) atoms. The first-order valence-corrected chi connectivity index (χ1v) is 5.40. The van der Waals surface area contributed by atoms with E-state index >= 15 is 0 Å². The molecule has 1 heterocycles. The fourth-order valence-corrected chi connectivity index (χ4v) is 2.26. The second-order valence-corrected chi connectivity index (χ2v) is 4.08. The minimum atomic E-state index is 0.440. The molecule has 1 aromatic heterocycles. The molecule has 0 aliphatic rings. The first-order valence-electron chi connectivity index (χ1n) is 4.52. The van der Waals surface area contributed by atoms with Gasteiger partial charge in [0.15, 0.2) is 0 Å². The van der Waals surface area contributed by atoms with Crippen molar-refractivity contribution in [3.05, 3.63) is 21.9 Å². The molecule has 0 saturated carbocycles. The summed E-state index contributed by atoms with van der Waals surface area (Å²) in [5, 5.41) is 5.55. The van der Waals surface area contributed by atoms with Crippen molar-refractivity contribution in [2.24, 2.45) is 0 Å². The average molecular weight is 199 g/mol. The number of nitrogens with one attached hydrogen (secondary N) is 1. The number of rotatable bonds is 5. The number of thiophene rings is 1. The van der Waals surface area contributed by atoms with Crippen molar-refractivity contribution in [3.8, 4) is 0 Å². The van der Waals surface area contributed by atoms with Crippen LogP contribution in [0.5, 0.6) is 0 Å². The Balaban J connectivity index is 2.39. The summed E-state index contributed by atoms with van der Waals surface area (Å²) in [5.74, 6) is 0. The SMILES string of the molecule is COCCN[C@H](C)c1sccc1C. The summed E-state index contributed by atoms with van der Waals surface area (Å²) in [6.45, 7) is 6.03. The van der Waals surface area contributed by atoms with Crippen LogP contribution in [-0.2, 0) is 4.74 Å². The molecule has 2 nitrogen and oxygen atoms in total. The average Bonchev–Trinajstić information content (AvgIpc) is 2.52. The van der Waals surface area contributed by atoms with Crippen molar-refractivity contribution in [1.82, 2.24) is 5.32 Å². The molecule has 1 N–H and O–H groups in total. The molecule has 1 aromatic rings. The Morgan fingerprint density at radius 2 is 2.38 bits per heavy atom. The first kappa shape index (κ1) is 10.7. The summed E-state index contributed by atoms with van der Waals surface area (Å²) in [4.78, 5) is 1.43. The van der Waals surface area contributed by atoms with Crippen LogP contribution in [0.25, 0.3) is 0 Å². The van der Waals surface area contributed by atoms with E-state index in [9.17, 15) is 0 Å². The minimum Gasteiger partial charge on any atom is -0.383 e. The van der Waals surface area contributed by atoms with E-state index in [0.29, 0.717) is 6.04 Å². The predicted molar refractivity (Wildman–Crippen MR) is 57.3 cm³/mol. The highest BCUT2D eigenvalue weighted by molar-refractivity contribution is 7.10. The van der Waals surface area contributed by atoms with Crippen LogP contribution in [0.3, 0.4) is 0 Å². The van der Waals surface area contributed by atoms with Gasteiger partial charge in [-0.15, -0.1) is 11.3 Å². The Morgan fingerprint density at radius 3 is 2.92 bits per heavy atom. The lowest BCUT2D eigenvalue weighted by Crippen LogP contribution is -2.22. The van der Waals surface area contributed by atoms with Crippen LogP contribution in [0.2, 0.25) is 0 Å². The highest BCUT2D eigenvalue weighted by Gasteiger charge is 2.07. The van der Waals surface area contributed by atoms with Gasteiger partial charge in [-0.2, -0.15) is 0 Å².